The molecular formula is C19H22F4N4O2. The molecule has 158 valence electrons. The SMILES string of the molecule is C=C/C(=C\C(=C)F)Oc1cc(C(F)(F)F)nc(N2CCC(O)(CNC3CC3)C2)n1. The molecule has 2 N–H and O–H groups in total. The first-order valence-corrected chi connectivity index (χ1v) is 9.11. The maximum absolute atomic E-state index is 13.3. The van der Waals surface area contributed by atoms with Gasteiger partial charge >= 0.3 is 6.18 Å². The molecule has 1 aromatic rings. The van der Waals surface area contributed by atoms with E-state index in [9.17, 15) is 22.7 Å². The molecule has 2 heterocycles. The van der Waals surface area contributed by atoms with Gasteiger partial charge in [-0.15, -0.1) is 0 Å². The van der Waals surface area contributed by atoms with Crippen molar-refractivity contribution in [1.29, 1.82) is 0 Å². The Balaban J connectivity index is 1.83. The third kappa shape index (κ3) is 5.77. The molecular weight excluding hydrogens is 392 g/mol. The van der Waals surface area contributed by atoms with E-state index in [0.29, 0.717) is 25.1 Å². The smallest absolute Gasteiger partial charge is 0.433 e. The topological polar surface area (TPSA) is 70.5 Å². The number of aliphatic hydroxyl groups is 1. The van der Waals surface area contributed by atoms with Crippen LogP contribution in [-0.2, 0) is 6.18 Å². The minimum atomic E-state index is -4.74. The van der Waals surface area contributed by atoms with Crippen molar-refractivity contribution in [2.75, 3.05) is 24.5 Å². The lowest BCUT2D eigenvalue weighted by Gasteiger charge is -2.24. The fraction of sp³-hybridized carbons (Fsp3) is 0.474. The zero-order chi connectivity index (χ0) is 21.2. The summed E-state index contributed by atoms with van der Waals surface area (Å²) in [5, 5.41) is 13.9. The Kier molecular flexibility index (Phi) is 5.95. The number of nitrogens with one attached hydrogen (secondary N) is 1. The van der Waals surface area contributed by atoms with E-state index in [1.807, 2.05) is 0 Å². The summed E-state index contributed by atoms with van der Waals surface area (Å²) in [7, 11) is 0. The molecule has 1 saturated heterocycles. The minimum Gasteiger partial charge on any atom is -0.439 e. The Morgan fingerprint density at radius 1 is 1.41 bits per heavy atom. The number of halogens is 4. The Morgan fingerprint density at radius 2 is 2.14 bits per heavy atom. The average Bonchev–Trinajstić information content (AvgIpc) is 3.39. The molecule has 0 aromatic carbocycles. The monoisotopic (exact) mass is 414 g/mol. The second kappa shape index (κ2) is 8.11. The van der Waals surface area contributed by atoms with Crippen LogP contribution in [0.2, 0.25) is 0 Å². The van der Waals surface area contributed by atoms with Crippen molar-refractivity contribution in [3.8, 4) is 5.88 Å². The third-order valence-electron chi connectivity index (χ3n) is 4.62. The number of anilines is 1. The fourth-order valence-electron chi connectivity index (χ4n) is 2.95. The molecule has 1 aliphatic heterocycles. The Hall–Kier alpha value is -2.46. The summed E-state index contributed by atoms with van der Waals surface area (Å²) in [4.78, 5) is 9.09. The van der Waals surface area contributed by atoms with Crippen LogP contribution in [0.1, 0.15) is 25.0 Å². The highest BCUT2D eigenvalue weighted by molar-refractivity contribution is 5.39. The Labute approximate surface area is 165 Å². The molecule has 1 unspecified atom stereocenters. The number of aromatic nitrogens is 2. The summed E-state index contributed by atoms with van der Waals surface area (Å²) >= 11 is 0. The molecule has 29 heavy (non-hydrogen) atoms. The molecule has 6 nitrogen and oxygen atoms in total. The fourth-order valence-corrected chi connectivity index (χ4v) is 2.95. The number of ether oxygens (including phenoxy) is 1. The van der Waals surface area contributed by atoms with Crippen molar-refractivity contribution in [1.82, 2.24) is 15.3 Å². The lowest BCUT2D eigenvalue weighted by atomic mass is 10.0. The van der Waals surface area contributed by atoms with Crippen LogP contribution in [0.25, 0.3) is 0 Å². The molecule has 0 bridgehead atoms. The number of nitrogens with zero attached hydrogens (tertiary/aromatic N) is 3. The first-order chi connectivity index (χ1) is 13.6. The van der Waals surface area contributed by atoms with Crippen LogP contribution >= 0.6 is 0 Å². The van der Waals surface area contributed by atoms with Crippen molar-refractivity contribution >= 4 is 5.95 Å². The summed E-state index contributed by atoms with van der Waals surface area (Å²) in [5.41, 5.74) is -2.29. The average molecular weight is 414 g/mol. The molecule has 0 spiro atoms. The van der Waals surface area contributed by atoms with E-state index in [2.05, 4.69) is 28.4 Å². The number of allylic oxidation sites excluding steroid dienone is 3. The highest BCUT2D eigenvalue weighted by Crippen LogP contribution is 2.33. The van der Waals surface area contributed by atoms with E-state index < -0.39 is 29.2 Å². The van der Waals surface area contributed by atoms with Gasteiger partial charge in [0.2, 0.25) is 11.8 Å². The van der Waals surface area contributed by atoms with Crippen molar-refractivity contribution < 1.29 is 27.4 Å². The van der Waals surface area contributed by atoms with Gasteiger partial charge in [0, 0.05) is 31.3 Å². The maximum atomic E-state index is 13.3. The third-order valence-corrected chi connectivity index (χ3v) is 4.62. The van der Waals surface area contributed by atoms with Gasteiger partial charge in [-0.1, -0.05) is 13.2 Å². The molecule has 1 aliphatic carbocycles. The van der Waals surface area contributed by atoms with Gasteiger partial charge in [0.25, 0.3) is 0 Å². The summed E-state index contributed by atoms with van der Waals surface area (Å²) in [6, 6.07) is 1.02. The number of β-amino-alcohol motifs (C(OH)–C–C–N with tert-alkyl or cyclic N) is 1. The zero-order valence-electron chi connectivity index (χ0n) is 15.7. The highest BCUT2D eigenvalue weighted by Gasteiger charge is 2.40. The largest absolute Gasteiger partial charge is 0.439 e. The van der Waals surface area contributed by atoms with Gasteiger partial charge < -0.3 is 20.1 Å². The lowest BCUT2D eigenvalue weighted by Crippen LogP contribution is -2.44. The minimum absolute atomic E-state index is 0.0823. The summed E-state index contributed by atoms with van der Waals surface area (Å²) in [5.74, 6) is -1.64. The molecule has 10 heteroatoms. The van der Waals surface area contributed by atoms with Gasteiger partial charge in [-0.05, 0) is 25.3 Å². The van der Waals surface area contributed by atoms with Gasteiger partial charge in [-0.2, -0.15) is 18.2 Å². The lowest BCUT2D eigenvalue weighted by molar-refractivity contribution is -0.141. The van der Waals surface area contributed by atoms with Gasteiger partial charge in [-0.3, -0.25) is 0 Å². The van der Waals surface area contributed by atoms with E-state index >= 15 is 0 Å². The van der Waals surface area contributed by atoms with E-state index in [-0.39, 0.29) is 24.8 Å². The molecule has 1 atom stereocenters. The van der Waals surface area contributed by atoms with Gasteiger partial charge in [-0.25, -0.2) is 9.37 Å². The second-order valence-corrected chi connectivity index (χ2v) is 7.24. The molecule has 0 radical (unpaired) electrons. The van der Waals surface area contributed by atoms with Crippen LogP contribution in [0.4, 0.5) is 23.5 Å². The molecule has 2 fully saturated rings. The van der Waals surface area contributed by atoms with E-state index in [1.54, 1.807) is 0 Å². The number of alkyl halides is 3. The number of rotatable bonds is 8. The standard InChI is InChI=1S/C19H22F4N4O2/c1-3-14(8-12(2)20)29-16-9-15(19(21,22)23)25-17(26-16)27-7-6-18(28,11-27)10-24-13-4-5-13/h3,8-9,13,24,28H,1-2,4-7,10-11H2/b14-8+. The van der Waals surface area contributed by atoms with Gasteiger partial charge in [0.1, 0.15) is 11.6 Å². The van der Waals surface area contributed by atoms with Crippen LogP contribution in [0.3, 0.4) is 0 Å². The van der Waals surface area contributed by atoms with Crippen LogP contribution in [0, 0.1) is 0 Å². The van der Waals surface area contributed by atoms with Crippen molar-refractivity contribution in [2.45, 2.75) is 37.1 Å². The Morgan fingerprint density at radius 3 is 2.72 bits per heavy atom. The number of hydrogen-bond donors (Lipinski definition) is 2. The molecule has 1 aromatic heterocycles. The summed E-state index contributed by atoms with van der Waals surface area (Å²) in [6.07, 6.45) is -0.259. The quantitative estimate of drug-likeness (QED) is 0.387. The van der Waals surface area contributed by atoms with E-state index in [0.717, 1.165) is 25.0 Å². The van der Waals surface area contributed by atoms with E-state index in [4.69, 9.17) is 4.74 Å². The second-order valence-electron chi connectivity index (χ2n) is 7.24. The van der Waals surface area contributed by atoms with Gasteiger partial charge in [0.15, 0.2) is 5.69 Å². The number of hydrogen-bond acceptors (Lipinski definition) is 6. The van der Waals surface area contributed by atoms with Crippen LogP contribution in [0.5, 0.6) is 5.88 Å². The van der Waals surface area contributed by atoms with Gasteiger partial charge in [0.05, 0.1) is 12.1 Å². The molecule has 1 saturated carbocycles. The predicted octanol–water partition coefficient (Wildman–Crippen LogP) is 3.12. The molecule has 0 amide bonds. The van der Waals surface area contributed by atoms with Crippen LogP contribution < -0.4 is 15.0 Å². The molecule has 3 rings (SSSR count). The van der Waals surface area contributed by atoms with Crippen molar-refractivity contribution in [3.05, 3.63) is 48.7 Å². The summed E-state index contributed by atoms with van der Waals surface area (Å²) < 4.78 is 58.1. The Bertz CT molecular complexity index is 823. The molecule has 2 aliphatic rings. The summed E-state index contributed by atoms with van der Waals surface area (Å²) in [6.45, 7) is 7.18. The predicted molar refractivity (Wildman–Crippen MR) is 99.0 cm³/mol. The van der Waals surface area contributed by atoms with Crippen molar-refractivity contribution in [3.63, 3.8) is 0 Å². The first kappa shape index (κ1) is 21.3. The van der Waals surface area contributed by atoms with E-state index in [1.165, 1.54) is 4.90 Å². The zero-order valence-corrected chi connectivity index (χ0v) is 15.7. The highest BCUT2D eigenvalue weighted by atomic mass is 19.4. The maximum Gasteiger partial charge on any atom is 0.433 e. The normalized spacial score (nSPS) is 22.7. The van der Waals surface area contributed by atoms with Crippen molar-refractivity contribution in [2.24, 2.45) is 0 Å². The van der Waals surface area contributed by atoms with Crippen LogP contribution in [0.15, 0.2) is 43.0 Å². The van der Waals surface area contributed by atoms with Crippen LogP contribution in [-0.4, -0.2) is 46.4 Å². The first-order valence-electron chi connectivity index (χ1n) is 9.11.